The lowest BCUT2D eigenvalue weighted by molar-refractivity contribution is 0.0724. The molecule has 1 aliphatic heterocycles. The molecule has 1 heterocycles. The van der Waals surface area contributed by atoms with Crippen molar-refractivity contribution < 1.29 is 4.79 Å². The van der Waals surface area contributed by atoms with Crippen molar-refractivity contribution in [3.63, 3.8) is 0 Å². The van der Waals surface area contributed by atoms with Gasteiger partial charge in [0.05, 0.1) is 6.54 Å². The Kier molecular flexibility index (Phi) is 5.89. The van der Waals surface area contributed by atoms with Crippen LogP contribution in [-0.4, -0.2) is 29.9 Å². The van der Waals surface area contributed by atoms with Crippen LogP contribution >= 0.6 is 0 Å². The minimum atomic E-state index is 0.125. The minimum absolute atomic E-state index is 0.125. The van der Waals surface area contributed by atoms with Crippen molar-refractivity contribution in [3.8, 4) is 0 Å². The molecule has 1 fully saturated rings. The third-order valence-electron chi connectivity index (χ3n) is 4.60. The largest absolute Gasteiger partial charge is 0.370 e. The van der Waals surface area contributed by atoms with Gasteiger partial charge in [-0.05, 0) is 56.0 Å². The maximum atomic E-state index is 12.5. The van der Waals surface area contributed by atoms with Gasteiger partial charge in [-0.15, -0.1) is 0 Å². The van der Waals surface area contributed by atoms with E-state index < -0.39 is 0 Å². The smallest absolute Gasteiger partial charge is 0.253 e. The molecule has 0 bridgehead atoms. The van der Waals surface area contributed by atoms with E-state index in [9.17, 15) is 4.79 Å². The van der Waals surface area contributed by atoms with Gasteiger partial charge in [0, 0.05) is 24.3 Å². The zero-order chi connectivity index (χ0) is 18.4. The molecule has 0 spiro atoms. The number of piperidine rings is 1. The number of nitrogens with two attached hydrogens (primary N) is 1. The van der Waals surface area contributed by atoms with Crippen molar-refractivity contribution in [1.82, 2.24) is 4.90 Å². The van der Waals surface area contributed by atoms with E-state index in [1.165, 1.54) is 12.0 Å². The SMILES string of the molecule is Cc1ccc(NC(N)=NCc2ccc(C(=O)N3CCCCC3)cc2)cc1. The number of hydrogen-bond acceptors (Lipinski definition) is 2. The van der Waals surface area contributed by atoms with Crippen LogP contribution in [0.4, 0.5) is 5.69 Å². The second-order valence-corrected chi connectivity index (χ2v) is 6.74. The Labute approximate surface area is 154 Å². The number of anilines is 1. The summed E-state index contributed by atoms with van der Waals surface area (Å²) in [6, 6.07) is 15.6. The molecule has 2 aromatic rings. The van der Waals surface area contributed by atoms with Crippen LogP contribution in [0.2, 0.25) is 0 Å². The number of carbonyl (C=O) groups is 1. The quantitative estimate of drug-likeness (QED) is 0.654. The molecule has 5 nitrogen and oxygen atoms in total. The Balaban J connectivity index is 1.56. The van der Waals surface area contributed by atoms with Gasteiger partial charge in [0.15, 0.2) is 5.96 Å². The van der Waals surface area contributed by atoms with E-state index in [1.807, 2.05) is 60.4 Å². The molecule has 26 heavy (non-hydrogen) atoms. The molecule has 2 aromatic carbocycles. The number of guanidine groups is 1. The number of aliphatic imine (C=N–C) groups is 1. The first-order valence-corrected chi connectivity index (χ1v) is 9.13. The summed E-state index contributed by atoms with van der Waals surface area (Å²) in [7, 11) is 0. The van der Waals surface area contributed by atoms with Gasteiger partial charge in [0.1, 0.15) is 0 Å². The summed E-state index contributed by atoms with van der Waals surface area (Å²) < 4.78 is 0. The van der Waals surface area contributed by atoms with Crippen molar-refractivity contribution in [3.05, 3.63) is 65.2 Å². The van der Waals surface area contributed by atoms with Gasteiger partial charge < -0.3 is 16.0 Å². The molecular weight excluding hydrogens is 324 g/mol. The normalized spacial score (nSPS) is 15.0. The van der Waals surface area contributed by atoms with Gasteiger partial charge in [-0.2, -0.15) is 0 Å². The first-order chi connectivity index (χ1) is 12.6. The van der Waals surface area contributed by atoms with Crippen molar-refractivity contribution in [2.24, 2.45) is 10.7 Å². The number of benzene rings is 2. The Morgan fingerprint density at radius 2 is 1.69 bits per heavy atom. The number of nitrogens with one attached hydrogen (secondary N) is 1. The number of rotatable bonds is 4. The fourth-order valence-electron chi connectivity index (χ4n) is 3.03. The molecule has 1 aliphatic rings. The van der Waals surface area contributed by atoms with E-state index >= 15 is 0 Å². The highest BCUT2D eigenvalue weighted by molar-refractivity contribution is 5.94. The molecule has 0 unspecified atom stereocenters. The van der Waals surface area contributed by atoms with Crippen LogP contribution in [0.5, 0.6) is 0 Å². The monoisotopic (exact) mass is 350 g/mol. The van der Waals surface area contributed by atoms with Crippen LogP contribution in [0.25, 0.3) is 0 Å². The number of nitrogens with zero attached hydrogens (tertiary/aromatic N) is 2. The maximum Gasteiger partial charge on any atom is 0.253 e. The third kappa shape index (κ3) is 4.85. The van der Waals surface area contributed by atoms with Gasteiger partial charge >= 0.3 is 0 Å². The highest BCUT2D eigenvalue weighted by atomic mass is 16.2. The highest BCUT2D eigenvalue weighted by Gasteiger charge is 2.17. The molecule has 3 N–H and O–H groups in total. The average Bonchev–Trinajstić information content (AvgIpc) is 2.69. The molecule has 1 amide bonds. The first kappa shape index (κ1) is 18.0. The Bertz CT molecular complexity index is 760. The maximum absolute atomic E-state index is 12.5. The van der Waals surface area contributed by atoms with E-state index in [1.54, 1.807) is 0 Å². The van der Waals surface area contributed by atoms with Gasteiger partial charge in [-0.3, -0.25) is 4.79 Å². The molecule has 136 valence electrons. The van der Waals surface area contributed by atoms with Gasteiger partial charge in [-0.1, -0.05) is 29.8 Å². The van der Waals surface area contributed by atoms with E-state index in [0.29, 0.717) is 12.5 Å². The molecule has 0 radical (unpaired) electrons. The minimum Gasteiger partial charge on any atom is -0.370 e. The summed E-state index contributed by atoms with van der Waals surface area (Å²) in [5.41, 5.74) is 9.82. The van der Waals surface area contributed by atoms with Crippen molar-refractivity contribution in [1.29, 1.82) is 0 Å². The van der Waals surface area contributed by atoms with E-state index in [-0.39, 0.29) is 5.91 Å². The highest BCUT2D eigenvalue weighted by Crippen LogP contribution is 2.14. The van der Waals surface area contributed by atoms with E-state index in [4.69, 9.17) is 5.73 Å². The summed E-state index contributed by atoms with van der Waals surface area (Å²) >= 11 is 0. The fraction of sp³-hybridized carbons (Fsp3) is 0.333. The first-order valence-electron chi connectivity index (χ1n) is 9.13. The van der Waals surface area contributed by atoms with Crippen LogP contribution in [-0.2, 0) is 6.54 Å². The molecule has 3 rings (SSSR count). The van der Waals surface area contributed by atoms with Gasteiger partial charge in [0.25, 0.3) is 5.91 Å². The zero-order valence-electron chi connectivity index (χ0n) is 15.2. The lowest BCUT2D eigenvalue weighted by atomic mass is 10.1. The van der Waals surface area contributed by atoms with Crippen molar-refractivity contribution in [2.75, 3.05) is 18.4 Å². The summed E-state index contributed by atoms with van der Waals surface area (Å²) in [5, 5.41) is 3.08. The summed E-state index contributed by atoms with van der Waals surface area (Å²) in [6.45, 7) is 4.25. The third-order valence-corrected chi connectivity index (χ3v) is 4.60. The fourth-order valence-corrected chi connectivity index (χ4v) is 3.03. The van der Waals surface area contributed by atoms with Gasteiger partial charge in [0.2, 0.25) is 0 Å². The number of likely N-dealkylation sites (tertiary alicyclic amines) is 1. The zero-order valence-corrected chi connectivity index (χ0v) is 15.2. The standard InChI is InChI=1S/C21H26N4O/c1-16-5-11-19(12-6-16)24-21(22)23-15-17-7-9-18(10-8-17)20(26)25-13-3-2-4-14-25/h5-12H,2-4,13-15H2,1H3,(H3,22,23,24). The van der Waals surface area contributed by atoms with Crippen LogP contribution in [0.15, 0.2) is 53.5 Å². The molecule has 0 aromatic heterocycles. The predicted octanol–water partition coefficient (Wildman–Crippen LogP) is 3.55. The number of carbonyl (C=O) groups excluding carboxylic acids is 1. The van der Waals surface area contributed by atoms with Crippen LogP contribution in [0.1, 0.15) is 40.7 Å². The van der Waals surface area contributed by atoms with Crippen molar-refractivity contribution >= 4 is 17.6 Å². The molecule has 0 aliphatic carbocycles. The van der Waals surface area contributed by atoms with Gasteiger partial charge in [-0.25, -0.2) is 4.99 Å². The van der Waals surface area contributed by atoms with E-state index in [2.05, 4.69) is 10.3 Å². The second-order valence-electron chi connectivity index (χ2n) is 6.74. The number of amides is 1. The van der Waals surface area contributed by atoms with Crippen molar-refractivity contribution in [2.45, 2.75) is 32.7 Å². The van der Waals surface area contributed by atoms with Crippen LogP contribution < -0.4 is 11.1 Å². The lowest BCUT2D eigenvalue weighted by Crippen LogP contribution is -2.35. The molecule has 0 saturated carbocycles. The number of hydrogen-bond donors (Lipinski definition) is 2. The molecule has 0 atom stereocenters. The summed E-state index contributed by atoms with van der Waals surface area (Å²) in [5.74, 6) is 0.502. The predicted molar refractivity (Wildman–Crippen MR) is 106 cm³/mol. The Hall–Kier alpha value is -2.82. The summed E-state index contributed by atoms with van der Waals surface area (Å²) in [4.78, 5) is 18.8. The molecule has 1 saturated heterocycles. The molecule has 5 heteroatoms. The average molecular weight is 350 g/mol. The Morgan fingerprint density at radius 1 is 1.04 bits per heavy atom. The summed E-state index contributed by atoms with van der Waals surface area (Å²) in [6.07, 6.45) is 3.43. The lowest BCUT2D eigenvalue weighted by Gasteiger charge is -2.26. The topological polar surface area (TPSA) is 70.7 Å². The second kappa shape index (κ2) is 8.52. The van der Waals surface area contributed by atoms with Crippen LogP contribution in [0, 0.1) is 6.92 Å². The Morgan fingerprint density at radius 3 is 2.35 bits per heavy atom. The molecular formula is C21H26N4O. The van der Waals surface area contributed by atoms with Crippen LogP contribution in [0.3, 0.4) is 0 Å². The van der Waals surface area contributed by atoms with E-state index in [0.717, 1.165) is 42.7 Å². The number of aryl methyl sites for hydroxylation is 1.